The molecule has 0 aliphatic rings. The molecule has 33 heavy (non-hydrogen) atoms. The number of rotatable bonds is 4. The molecule has 0 saturated heterocycles. The quantitative estimate of drug-likeness (QED) is 0.258. The van der Waals surface area contributed by atoms with Crippen LogP contribution in [0.3, 0.4) is 0 Å². The monoisotopic (exact) mass is 512 g/mol. The van der Waals surface area contributed by atoms with Gasteiger partial charge in [-0.1, -0.05) is 76.7 Å². The topological polar surface area (TPSA) is 48.0 Å². The van der Waals surface area contributed by atoms with Crippen LogP contribution in [0.2, 0.25) is 20.1 Å². The molecule has 5 aromatic rings. The van der Waals surface area contributed by atoms with Gasteiger partial charge in [-0.15, -0.1) is 0 Å². The van der Waals surface area contributed by atoms with Gasteiger partial charge in [-0.05, 0) is 53.6 Å². The highest BCUT2D eigenvalue weighted by atomic mass is 35.5. The van der Waals surface area contributed by atoms with E-state index in [0.29, 0.717) is 32.2 Å². The molecule has 3 nitrogen and oxygen atoms in total. The molecule has 1 aromatic heterocycles. The summed E-state index contributed by atoms with van der Waals surface area (Å²) in [5.74, 6) is -0.479. The fourth-order valence-electron chi connectivity index (χ4n) is 4.27. The lowest BCUT2D eigenvalue weighted by Crippen LogP contribution is -2.11. The third kappa shape index (κ3) is 3.85. The van der Waals surface area contributed by atoms with Crippen molar-refractivity contribution in [3.63, 3.8) is 0 Å². The fourth-order valence-corrected chi connectivity index (χ4v) is 5.21. The fraction of sp³-hybridized carbons (Fsp3) is 0.0385. The zero-order chi connectivity index (χ0) is 23.3. The first kappa shape index (κ1) is 22.1. The summed E-state index contributed by atoms with van der Waals surface area (Å²) < 4.78 is 2.13. The molecule has 0 aliphatic heterocycles. The van der Waals surface area contributed by atoms with E-state index >= 15 is 0 Å². The Morgan fingerprint density at radius 3 is 2.18 bits per heavy atom. The van der Waals surface area contributed by atoms with Gasteiger partial charge in [0, 0.05) is 38.5 Å². The van der Waals surface area contributed by atoms with Gasteiger partial charge in [-0.3, -0.25) is 4.79 Å². The molecule has 0 bridgehead atoms. The third-order valence-corrected chi connectivity index (χ3v) is 7.10. The van der Waals surface area contributed by atoms with Gasteiger partial charge >= 0.3 is 0 Å². The van der Waals surface area contributed by atoms with E-state index in [4.69, 9.17) is 52.1 Å². The van der Waals surface area contributed by atoms with Gasteiger partial charge in [0.1, 0.15) is 0 Å². The molecular weight excluding hydrogens is 498 g/mol. The summed E-state index contributed by atoms with van der Waals surface area (Å²) in [5.41, 5.74) is 10.6. The van der Waals surface area contributed by atoms with Crippen LogP contribution in [0.15, 0.2) is 72.8 Å². The Hall–Kier alpha value is -2.69. The van der Waals surface area contributed by atoms with E-state index in [1.807, 2.05) is 60.7 Å². The molecule has 164 valence electrons. The van der Waals surface area contributed by atoms with Crippen LogP contribution in [0.4, 0.5) is 0 Å². The van der Waals surface area contributed by atoms with Gasteiger partial charge in [-0.2, -0.15) is 0 Å². The number of nitrogens with two attached hydrogens (primary N) is 1. The molecule has 0 aliphatic carbocycles. The molecule has 0 fully saturated rings. The Bertz CT molecular complexity index is 1550. The van der Waals surface area contributed by atoms with E-state index in [2.05, 4.69) is 4.57 Å². The summed E-state index contributed by atoms with van der Waals surface area (Å²) in [7, 11) is 0. The first-order valence-electron chi connectivity index (χ1n) is 10.1. The standard InChI is InChI=1S/C26H16Cl4N2O/c27-18-10-7-14(11-21(18)30)13-32-22-6-1-3-17(26(31)33)25(22)16-9-8-15(12-23(16)32)24-19(28)4-2-5-20(24)29/h1-12H,13H2,(H2,31,33). The van der Waals surface area contributed by atoms with Crippen molar-refractivity contribution in [3.8, 4) is 11.1 Å². The van der Waals surface area contributed by atoms with Crippen LogP contribution >= 0.6 is 46.4 Å². The van der Waals surface area contributed by atoms with Crippen LogP contribution in [0.1, 0.15) is 15.9 Å². The number of amides is 1. The Morgan fingerprint density at radius 2 is 1.48 bits per heavy atom. The van der Waals surface area contributed by atoms with Gasteiger partial charge in [0.15, 0.2) is 0 Å². The molecule has 0 atom stereocenters. The molecule has 1 amide bonds. The molecule has 0 unspecified atom stereocenters. The summed E-state index contributed by atoms with van der Waals surface area (Å²) in [5, 5.41) is 3.81. The minimum atomic E-state index is -0.479. The predicted octanol–water partition coefficient (Wildman–Crippen LogP) is 8.22. The van der Waals surface area contributed by atoms with Crippen LogP contribution < -0.4 is 5.73 Å². The number of hydrogen-bond acceptors (Lipinski definition) is 1. The van der Waals surface area contributed by atoms with Crippen molar-refractivity contribution in [1.82, 2.24) is 4.57 Å². The lowest BCUT2D eigenvalue weighted by molar-refractivity contribution is 0.100. The van der Waals surface area contributed by atoms with Gasteiger partial charge in [-0.25, -0.2) is 0 Å². The molecule has 0 saturated carbocycles. The molecular formula is C26H16Cl4N2O. The van der Waals surface area contributed by atoms with Crippen molar-refractivity contribution in [2.75, 3.05) is 0 Å². The van der Waals surface area contributed by atoms with Crippen molar-refractivity contribution in [2.24, 2.45) is 5.73 Å². The summed E-state index contributed by atoms with van der Waals surface area (Å²) in [6.07, 6.45) is 0. The van der Waals surface area contributed by atoms with Crippen LogP contribution in [-0.4, -0.2) is 10.5 Å². The van der Waals surface area contributed by atoms with Crippen molar-refractivity contribution >= 4 is 74.1 Å². The maximum atomic E-state index is 12.2. The number of aromatic nitrogens is 1. The third-order valence-electron chi connectivity index (χ3n) is 5.73. The highest BCUT2D eigenvalue weighted by Crippen LogP contribution is 2.39. The number of halogens is 4. The number of fused-ring (bicyclic) bond motifs is 3. The average Bonchev–Trinajstić information content (AvgIpc) is 3.09. The van der Waals surface area contributed by atoms with Crippen LogP contribution in [0.5, 0.6) is 0 Å². The van der Waals surface area contributed by atoms with Crippen molar-refractivity contribution in [1.29, 1.82) is 0 Å². The Balaban J connectivity index is 1.82. The van der Waals surface area contributed by atoms with Crippen LogP contribution in [0.25, 0.3) is 32.9 Å². The minimum Gasteiger partial charge on any atom is -0.366 e. The number of nitrogens with zero attached hydrogens (tertiary/aromatic N) is 1. The van der Waals surface area contributed by atoms with Gasteiger partial charge < -0.3 is 10.3 Å². The number of benzene rings is 4. The van der Waals surface area contributed by atoms with E-state index in [1.54, 1.807) is 12.1 Å². The maximum absolute atomic E-state index is 12.2. The van der Waals surface area contributed by atoms with Crippen LogP contribution in [-0.2, 0) is 6.54 Å². The van der Waals surface area contributed by atoms with E-state index in [-0.39, 0.29) is 0 Å². The summed E-state index contributed by atoms with van der Waals surface area (Å²) in [6, 6.07) is 22.5. The highest BCUT2D eigenvalue weighted by Gasteiger charge is 2.18. The smallest absolute Gasteiger partial charge is 0.249 e. The second kappa shape index (κ2) is 8.58. The van der Waals surface area contributed by atoms with Crippen LogP contribution in [0, 0.1) is 0 Å². The number of primary amides is 1. The average molecular weight is 514 g/mol. The number of carbonyl (C=O) groups excluding carboxylic acids is 1. The van der Waals surface area contributed by atoms with E-state index in [1.165, 1.54) is 0 Å². The normalized spacial score (nSPS) is 11.4. The second-order valence-electron chi connectivity index (χ2n) is 7.73. The van der Waals surface area contributed by atoms with E-state index in [9.17, 15) is 4.79 Å². The van der Waals surface area contributed by atoms with Gasteiger partial charge in [0.2, 0.25) is 5.91 Å². The molecule has 1 heterocycles. The zero-order valence-electron chi connectivity index (χ0n) is 17.1. The molecule has 0 spiro atoms. The summed E-state index contributed by atoms with van der Waals surface area (Å²) >= 11 is 25.3. The molecule has 5 rings (SSSR count). The minimum absolute atomic E-state index is 0.467. The molecule has 4 aromatic carbocycles. The SMILES string of the molecule is NC(=O)c1cccc2c1c1ccc(-c3c(Cl)cccc3Cl)cc1n2Cc1ccc(Cl)c(Cl)c1. The van der Waals surface area contributed by atoms with Crippen molar-refractivity contribution in [3.05, 3.63) is 104 Å². The number of hydrogen-bond donors (Lipinski definition) is 1. The van der Waals surface area contributed by atoms with Crippen molar-refractivity contribution in [2.45, 2.75) is 6.54 Å². The Morgan fingerprint density at radius 1 is 0.758 bits per heavy atom. The second-order valence-corrected chi connectivity index (χ2v) is 9.36. The Labute approximate surface area is 210 Å². The summed E-state index contributed by atoms with van der Waals surface area (Å²) in [6.45, 7) is 0.513. The zero-order valence-corrected chi connectivity index (χ0v) is 20.1. The lowest BCUT2D eigenvalue weighted by atomic mass is 10.0. The first-order valence-corrected chi connectivity index (χ1v) is 11.6. The van der Waals surface area contributed by atoms with Crippen molar-refractivity contribution < 1.29 is 4.79 Å². The Kier molecular flexibility index (Phi) is 5.75. The highest BCUT2D eigenvalue weighted by molar-refractivity contribution is 6.42. The predicted molar refractivity (Wildman–Crippen MR) is 139 cm³/mol. The molecule has 0 radical (unpaired) electrons. The largest absolute Gasteiger partial charge is 0.366 e. The van der Waals surface area contributed by atoms with E-state index < -0.39 is 5.91 Å². The molecule has 2 N–H and O–H groups in total. The lowest BCUT2D eigenvalue weighted by Gasteiger charge is -2.11. The maximum Gasteiger partial charge on any atom is 0.249 e. The number of carbonyl (C=O) groups is 1. The first-order chi connectivity index (χ1) is 15.8. The molecule has 7 heteroatoms. The van der Waals surface area contributed by atoms with E-state index in [0.717, 1.165) is 38.5 Å². The van der Waals surface area contributed by atoms with Gasteiger partial charge in [0.05, 0.1) is 21.1 Å². The summed E-state index contributed by atoms with van der Waals surface area (Å²) in [4.78, 5) is 12.2. The van der Waals surface area contributed by atoms with Gasteiger partial charge in [0.25, 0.3) is 0 Å².